The molecule has 0 bridgehead atoms. The topological polar surface area (TPSA) is 76.5 Å². The average Bonchev–Trinajstić information content (AvgIpc) is 2.55. The van der Waals surface area contributed by atoms with Crippen LogP contribution < -0.4 is 10.2 Å². The molecule has 112 valence electrons. The molecule has 0 atom stereocenters. The Morgan fingerprint density at radius 3 is 3.05 bits per heavy atom. The first-order valence-electron chi connectivity index (χ1n) is 6.33. The van der Waals surface area contributed by atoms with E-state index in [1.807, 2.05) is 12.1 Å². The van der Waals surface area contributed by atoms with Gasteiger partial charge >= 0.3 is 0 Å². The smallest absolute Gasteiger partial charge is 0.291 e. The van der Waals surface area contributed by atoms with Crippen molar-refractivity contribution >= 4 is 28.1 Å². The van der Waals surface area contributed by atoms with Crippen LogP contribution in [-0.4, -0.2) is 28.7 Å². The number of nitrogens with one attached hydrogen (secondary N) is 1. The molecule has 0 aliphatic rings. The second kappa shape index (κ2) is 8.04. The van der Waals surface area contributed by atoms with Crippen molar-refractivity contribution in [2.24, 2.45) is 5.10 Å². The second-order valence-corrected chi connectivity index (χ2v) is 4.99. The zero-order valence-corrected chi connectivity index (χ0v) is 13.2. The molecule has 1 heterocycles. The molecule has 2 rings (SSSR count). The number of hydrogen-bond acceptors (Lipinski definition) is 5. The number of amides is 1. The Labute approximate surface area is 136 Å². The maximum Gasteiger partial charge on any atom is 0.291 e. The molecule has 0 aliphatic heterocycles. The van der Waals surface area contributed by atoms with Crippen LogP contribution in [0.1, 0.15) is 16.1 Å². The number of hydrazone groups is 1. The first kappa shape index (κ1) is 15.8. The Balaban J connectivity index is 2.07. The van der Waals surface area contributed by atoms with Crippen LogP contribution in [0.4, 0.5) is 0 Å². The Kier molecular flexibility index (Phi) is 5.79. The average molecular weight is 361 g/mol. The van der Waals surface area contributed by atoms with Crippen LogP contribution in [0, 0.1) is 0 Å². The van der Waals surface area contributed by atoms with Crippen molar-refractivity contribution in [3.8, 4) is 5.75 Å². The molecule has 1 aromatic carbocycles. The van der Waals surface area contributed by atoms with Crippen molar-refractivity contribution in [3.63, 3.8) is 0 Å². The van der Waals surface area contributed by atoms with Gasteiger partial charge in [0.2, 0.25) is 0 Å². The molecule has 0 saturated carbocycles. The van der Waals surface area contributed by atoms with Crippen molar-refractivity contribution in [1.82, 2.24) is 15.4 Å². The molecule has 2 aromatic rings. The molecule has 0 unspecified atom stereocenters. The van der Waals surface area contributed by atoms with E-state index in [1.165, 1.54) is 24.8 Å². The van der Waals surface area contributed by atoms with Gasteiger partial charge < -0.3 is 4.74 Å². The van der Waals surface area contributed by atoms with E-state index in [-0.39, 0.29) is 5.69 Å². The molecular weight excluding hydrogens is 348 g/mol. The normalized spacial score (nSPS) is 10.4. The number of aromatic nitrogens is 2. The van der Waals surface area contributed by atoms with Crippen LogP contribution in [0.3, 0.4) is 0 Å². The number of benzene rings is 1. The number of carbonyl (C=O) groups is 1. The van der Waals surface area contributed by atoms with E-state index in [0.717, 1.165) is 10.0 Å². The number of nitrogens with zero attached hydrogens (tertiary/aromatic N) is 3. The molecule has 0 fully saturated rings. The zero-order valence-electron chi connectivity index (χ0n) is 11.6. The summed E-state index contributed by atoms with van der Waals surface area (Å²) in [5.74, 6) is 0.202. The van der Waals surface area contributed by atoms with Gasteiger partial charge in [-0.05, 0) is 18.2 Å². The van der Waals surface area contributed by atoms with E-state index in [2.05, 4.69) is 43.0 Å². The quantitative estimate of drug-likeness (QED) is 0.487. The first-order chi connectivity index (χ1) is 10.7. The van der Waals surface area contributed by atoms with E-state index in [0.29, 0.717) is 12.4 Å². The predicted molar refractivity (Wildman–Crippen MR) is 86.9 cm³/mol. The summed E-state index contributed by atoms with van der Waals surface area (Å²) in [6.45, 7) is 3.99. The van der Waals surface area contributed by atoms with Crippen molar-refractivity contribution in [2.75, 3.05) is 6.61 Å². The van der Waals surface area contributed by atoms with E-state index in [1.54, 1.807) is 12.1 Å². The minimum atomic E-state index is -0.437. The highest BCUT2D eigenvalue weighted by atomic mass is 79.9. The second-order valence-electron chi connectivity index (χ2n) is 4.07. The van der Waals surface area contributed by atoms with Crippen LogP contribution in [0.2, 0.25) is 0 Å². The third-order valence-corrected chi connectivity index (χ3v) is 2.99. The van der Waals surface area contributed by atoms with Gasteiger partial charge in [0.1, 0.15) is 18.1 Å². The van der Waals surface area contributed by atoms with Crippen LogP contribution in [0.15, 0.2) is 59.0 Å². The molecule has 6 nitrogen and oxygen atoms in total. The Morgan fingerprint density at radius 2 is 2.32 bits per heavy atom. The van der Waals surface area contributed by atoms with Gasteiger partial charge in [-0.1, -0.05) is 28.6 Å². The molecule has 22 heavy (non-hydrogen) atoms. The van der Waals surface area contributed by atoms with Crippen molar-refractivity contribution in [1.29, 1.82) is 0 Å². The lowest BCUT2D eigenvalue weighted by Crippen LogP contribution is -2.19. The van der Waals surface area contributed by atoms with Gasteiger partial charge in [0.25, 0.3) is 5.91 Å². The van der Waals surface area contributed by atoms with Gasteiger partial charge in [-0.25, -0.2) is 10.4 Å². The van der Waals surface area contributed by atoms with Crippen LogP contribution >= 0.6 is 15.9 Å². The van der Waals surface area contributed by atoms with Gasteiger partial charge in [-0.3, -0.25) is 9.78 Å². The lowest BCUT2D eigenvalue weighted by molar-refractivity contribution is 0.0949. The molecule has 1 N–H and O–H groups in total. The molecular formula is C15H13BrN4O2. The maximum atomic E-state index is 11.8. The van der Waals surface area contributed by atoms with Gasteiger partial charge in [-0.15, -0.1) is 0 Å². The van der Waals surface area contributed by atoms with Crippen molar-refractivity contribution in [3.05, 3.63) is 65.2 Å². The van der Waals surface area contributed by atoms with Crippen molar-refractivity contribution < 1.29 is 9.53 Å². The van der Waals surface area contributed by atoms with E-state index >= 15 is 0 Å². The predicted octanol–water partition coefficient (Wildman–Crippen LogP) is 2.57. The lowest BCUT2D eigenvalue weighted by Gasteiger charge is -2.07. The molecule has 1 aromatic heterocycles. The fourth-order valence-electron chi connectivity index (χ4n) is 1.53. The van der Waals surface area contributed by atoms with E-state index < -0.39 is 5.91 Å². The first-order valence-corrected chi connectivity index (χ1v) is 7.12. The van der Waals surface area contributed by atoms with Crippen LogP contribution in [-0.2, 0) is 0 Å². The third-order valence-electron chi connectivity index (χ3n) is 2.49. The molecule has 0 radical (unpaired) electrons. The van der Waals surface area contributed by atoms with E-state index in [9.17, 15) is 4.79 Å². The Bertz CT molecular complexity index is 689. The Hall–Kier alpha value is -2.54. The minimum absolute atomic E-state index is 0.192. The zero-order chi connectivity index (χ0) is 15.8. The molecule has 0 spiro atoms. The molecule has 0 aliphatic carbocycles. The number of ether oxygens (including phenoxy) is 1. The number of rotatable bonds is 6. The molecule has 0 saturated heterocycles. The van der Waals surface area contributed by atoms with Crippen molar-refractivity contribution in [2.45, 2.75) is 0 Å². The number of halogens is 1. The summed E-state index contributed by atoms with van der Waals surface area (Å²) in [5.41, 5.74) is 3.30. The highest BCUT2D eigenvalue weighted by molar-refractivity contribution is 9.10. The van der Waals surface area contributed by atoms with Gasteiger partial charge in [0, 0.05) is 22.4 Å². The summed E-state index contributed by atoms with van der Waals surface area (Å²) in [4.78, 5) is 19.5. The van der Waals surface area contributed by atoms with Crippen LogP contribution in [0.5, 0.6) is 5.75 Å². The summed E-state index contributed by atoms with van der Waals surface area (Å²) < 4.78 is 6.39. The standard InChI is InChI=1S/C15H13BrN4O2/c1-2-7-22-14-4-3-12(16)8-11(14)9-19-20-15(21)13-10-17-5-6-18-13/h2-6,8-10H,1,7H2,(H,20,21)/b19-9+. The van der Waals surface area contributed by atoms with Gasteiger partial charge in [0.05, 0.1) is 12.4 Å². The SMILES string of the molecule is C=CCOc1ccc(Br)cc1/C=N/NC(=O)c1cnccn1. The largest absolute Gasteiger partial charge is 0.489 e. The summed E-state index contributed by atoms with van der Waals surface area (Å²) in [6, 6.07) is 5.49. The minimum Gasteiger partial charge on any atom is -0.489 e. The number of carbonyl (C=O) groups excluding carboxylic acids is 1. The summed E-state index contributed by atoms with van der Waals surface area (Å²) in [7, 11) is 0. The van der Waals surface area contributed by atoms with Gasteiger partial charge in [-0.2, -0.15) is 5.10 Å². The van der Waals surface area contributed by atoms with E-state index in [4.69, 9.17) is 4.74 Å². The highest BCUT2D eigenvalue weighted by Gasteiger charge is 2.05. The lowest BCUT2D eigenvalue weighted by atomic mass is 10.2. The fourth-order valence-corrected chi connectivity index (χ4v) is 1.91. The summed E-state index contributed by atoms with van der Waals surface area (Å²) in [5, 5.41) is 3.91. The summed E-state index contributed by atoms with van der Waals surface area (Å²) >= 11 is 3.38. The summed E-state index contributed by atoms with van der Waals surface area (Å²) in [6.07, 6.45) is 7.44. The third kappa shape index (κ3) is 4.49. The highest BCUT2D eigenvalue weighted by Crippen LogP contribution is 2.21. The molecule has 7 heteroatoms. The number of hydrogen-bond donors (Lipinski definition) is 1. The Morgan fingerprint density at radius 1 is 1.45 bits per heavy atom. The monoisotopic (exact) mass is 360 g/mol. The molecule has 1 amide bonds. The van der Waals surface area contributed by atoms with Crippen LogP contribution in [0.25, 0.3) is 0 Å². The maximum absolute atomic E-state index is 11.8. The van der Waals surface area contributed by atoms with Gasteiger partial charge in [0.15, 0.2) is 0 Å². The fraction of sp³-hybridized carbons (Fsp3) is 0.0667.